The van der Waals surface area contributed by atoms with Gasteiger partial charge in [-0.2, -0.15) is 10.4 Å². The molecule has 0 unspecified atom stereocenters. The van der Waals surface area contributed by atoms with Crippen molar-refractivity contribution in [3.63, 3.8) is 0 Å². The maximum Gasteiger partial charge on any atom is 0.0860 e. The van der Waals surface area contributed by atoms with E-state index in [1.807, 2.05) is 18.7 Å². The molecule has 1 aliphatic rings. The molecule has 0 N–H and O–H groups in total. The van der Waals surface area contributed by atoms with E-state index in [1.165, 1.54) is 0 Å². The van der Waals surface area contributed by atoms with Crippen molar-refractivity contribution in [1.29, 1.82) is 5.26 Å². The van der Waals surface area contributed by atoms with Crippen LogP contribution in [0.3, 0.4) is 0 Å². The SMILES string of the molecule is Cc1nn(C)c(CN2CCC(C#N)CC2)c1Cl. The van der Waals surface area contributed by atoms with Crippen LogP contribution in [0.1, 0.15) is 24.2 Å². The lowest BCUT2D eigenvalue weighted by molar-refractivity contribution is 0.194. The summed E-state index contributed by atoms with van der Waals surface area (Å²) in [6.07, 6.45) is 1.93. The van der Waals surface area contributed by atoms with Gasteiger partial charge in [-0.25, -0.2) is 0 Å². The molecule has 2 heterocycles. The number of nitriles is 1. The van der Waals surface area contributed by atoms with Crippen molar-refractivity contribution in [2.24, 2.45) is 13.0 Å². The Labute approximate surface area is 107 Å². The van der Waals surface area contributed by atoms with Crippen molar-refractivity contribution in [2.75, 3.05) is 13.1 Å². The van der Waals surface area contributed by atoms with E-state index in [9.17, 15) is 0 Å². The summed E-state index contributed by atoms with van der Waals surface area (Å²) in [6, 6.07) is 2.34. The number of aryl methyl sites for hydroxylation is 2. The van der Waals surface area contributed by atoms with Crippen molar-refractivity contribution in [1.82, 2.24) is 14.7 Å². The fourth-order valence-electron chi connectivity index (χ4n) is 2.28. The third-order valence-corrected chi connectivity index (χ3v) is 3.90. The van der Waals surface area contributed by atoms with Gasteiger partial charge in [0.05, 0.1) is 22.5 Å². The van der Waals surface area contributed by atoms with Crippen LogP contribution >= 0.6 is 11.6 Å². The van der Waals surface area contributed by atoms with Gasteiger partial charge >= 0.3 is 0 Å². The predicted molar refractivity (Wildman–Crippen MR) is 66.6 cm³/mol. The Morgan fingerprint density at radius 1 is 1.47 bits per heavy atom. The minimum Gasteiger partial charge on any atom is -0.297 e. The summed E-state index contributed by atoms with van der Waals surface area (Å²) < 4.78 is 1.86. The molecule has 1 saturated heterocycles. The molecule has 1 aromatic rings. The summed E-state index contributed by atoms with van der Waals surface area (Å²) in [7, 11) is 1.93. The fourth-order valence-corrected chi connectivity index (χ4v) is 2.50. The van der Waals surface area contributed by atoms with Crippen LogP contribution in [0.4, 0.5) is 0 Å². The molecule has 4 nitrogen and oxygen atoms in total. The smallest absolute Gasteiger partial charge is 0.0860 e. The van der Waals surface area contributed by atoms with E-state index in [1.54, 1.807) is 0 Å². The molecular weight excluding hydrogens is 236 g/mol. The standard InChI is InChI=1S/C12H17ClN4/c1-9-12(13)11(16(2)15-9)8-17-5-3-10(7-14)4-6-17/h10H,3-6,8H2,1-2H3. The summed E-state index contributed by atoms with van der Waals surface area (Å²) in [6.45, 7) is 4.69. The highest BCUT2D eigenvalue weighted by Gasteiger charge is 2.21. The van der Waals surface area contributed by atoms with Crippen LogP contribution in [-0.2, 0) is 13.6 Å². The van der Waals surface area contributed by atoms with Gasteiger partial charge in [-0.1, -0.05) is 11.6 Å². The van der Waals surface area contributed by atoms with Crippen LogP contribution in [0.25, 0.3) is 0 Å². The van der Waals surface area contributed by atoms with E-state index in [-0.39, 0.29) is 5.92 Å². The number of nitrogens with zero attached hydrogens (tertiary/aromatic N) is 4. The summed E-state index contributed by atoms with van der Waals surface area (Å²) >= 11 is 6.23. The average Bonchev–Trinajstić information content (AvgIpc) is 2.57. The maximum absolute atomic E-state index is 8.85. The van der Waals surface area contributed by atoms with Gasteiger partial charge < -0.3 is 0 Å². The molecule has 0 spiro atoms. The Morgan fingerprint density at radius 3 is 2.59 bits per heavy atom. The molecule has 92 valence electrons. The Bertz CT molecular complexity index is 438. The molecule has 0 saturated carbocycles. The molecule has 5 heteroatoms. The highest BCUT2D eigenvalue weighted by Crippen LogP contribution is 2.23. The Hall–Kier alpha value is -1.05. The zero-order chi connectivity index (χ0) is 12.4. The minimum absolute atomic E-state index is 0.231. The van der Waals surface area contributed by atoms with Gasteiger partial charge in [0.2, 0.25) is 0 Å². The Balaban J connectivity index is 2.00. The molecule has 1 aliphatic heterocycles. The largest absolute Gasteiger partial charge is 0.297 e. The third kappa shape index (κ3) is 2.62. The van der Waals surface area contributed by atoms with Gasteiger partial charge in [-0.3, -0.25) is 9.58 Å². The van der Waals surface area contributed by atoms with Crippen LogP contribution in [-0.4, -0.2) is 27.8 Å². The summed E-state index contributed by atoms with van der Waals surface area (Å²) in [5.74, 6) is 0.231. The first-order chi connectivity index (χ1) is 8.11. The van der Waals surface area contributed by atoms with Crippen molar-refractivity contribution >= 4 is 11.6 Å². The van der Waals surface area contributed by atoms with Crippen LogP contribution < -0.4 is 0 Å². The Morgan fingerprint density at radius 2 is 2.12 bits per heavy atom. The van der Waals surface area contributed by atoms with Gasteiger partial charge in [-0.15, -0.1) is 0 Å². The van der Waals surface area contributed by atoms with E-state index in [0.29, 0.717) is 0 Å². The average molecular weight is 253 g/mol. The zero-order valence-corrected chi connectivity index (χ0v) is 11.0. The van der Waals surface area contributed by atoms with Crippen LogP contribution in [0.2, 0.25) is 5.02 Å². The topological polar surface area (TPSA) is 44.9 Å². The number of rotatable bonds is 2. The second-order valence-corrected chi connectivity index (χ2v) is 5.03. The van der Waals surface area contributed by atoms with E-state index in [2.05, 4.69) is 16.1 Å². The van der Waals surface area contributed by atoms with E-state index in [4.69, 9.17) is 16.9 Å². The van der Waals surface area contributed by atoms with Gasteiger partial charge in [0, 0.05) is 19.5 Å². The third-order valence-electron chi connectivity index (χ3n) is 3.41. The molecule has 0 aromatic carbocycles. The summed E-state index contributed by atoms with van der Waals surface area (Å²) in [4.78, 5) is 2.34. The summed E-state index contributed by atoms with van der Waals surface area (Å²) in [5.41, 5.74) is 1.95. The van der Waals surface area contributed by atoms with Crippen LogP contribution in [0.15, 0.2) is 0 Å². The molecule has 0 aliphatic carbocycles. The first-order valence-electron chi connectivity index (χ1n) is 5.91. The number of hydrogen-bond acceptors (Lipinski definition) is 3. The van der Waals surface area contributed by atoms with Gasteiger partial charge in [-0.05, 0) is 32.9 Å². The zero-order valence-electron chi connectivity index (χ0n) is 10.3. The molecule has 1 fully saturated rings. The Kier molecular flexibility index (Phi) is 3.70. The number of likely N-dealkylation sites (tertiary alicyclic amines) is 1. The predicted octanol–water partition coefficient (Wildman–Crippen LogP) is 2.12. The van der Waals surface area contributed by atoms with Gasteiger partial charge in [0.25, 0.3) is 0 Å². The van der Waals surface area contributed by atoms with Gasteiger partial charge in [0.1, 0.15) is 0 Å². The lowest BCUT2D eigenvalue weighted by atomic mass is 9.98. The molecule has 0 amide bonds. The monoisotopic (exact) mass is 252 g/mol. The lowest BCUT2D eigenvalue weighted by Crippen LogP contribution is -2.33. The van der Waals surface area contributed by atoms with Crippen LogP contribution in [0, 0.1) is 24.2 Å². The number of halogens is 1. The van der Waals surface area contributed by atoms with Gasteiger partial charge in [0.15, 0.2) is 0 Å². The number of hydrogen-bond donors (Lipinski definition) is 0. The van der Waals surface area contributed by atoms with Crippen molar-refractivity contribution in [3.8, 4) is 6.07 Å². The second-order valence-electron chi connectivity index (χ2n) is 4.65. The molecular formula is C12H17ClN4. The molecule has 17 heavy (non-hydrogen) atoms. The highest BCUT2D eigenvalue weighted by molar-refractivity contribution is 6.31. The maximum atomic E-state index is 8.85. The minimum atomic E-state index is 0.231. The first-order valence-corrected chi connectivity index (χ1v) is 6.29. The summed E-state index contributed by atoms with van der Waals surface area (Å²) in [5, 5.41) is 13.9. The number of piperidine rings is 1. The van der Waals surface area contributed by atoms with Crippen molar-refractivity contribution in [2.45, 2.75) is 26.3 Å². The molecule has 0 atom stereocenters. The van der Waals surface area contributed by atoms with E-state index < -0.39 is 0 Å². The molecule has 0 bridgehead atoms. The number of aromatic nitrogens is 2. The molecule has 0 radical (unpaired) electrons. The van der Waals surface area contributed by atoms with Crippen molar-refractivity contribution < 1.29 is 0 Å². The first kappa shape index (κ1) is 12.4. The second kappa shape index (κ2) is 5.07. The fraction of sp³-hybridized carbons (Fsp3) is 0.667. The van der Waals surface area contributed by atoms with E-state index >= 15 is 0 Å². The normalized spacial score (nSPS) is 18.2. The lowest BCUT2D eigenvalue weighted by Gasteiger charge is -2.28. The molecule has 1 aromatic heterocycles. The van der Waals surface area contributed by atoms with Crippen molar-refractivity contribution in [3.05, 3.63) is 16.4 Å². The van der Waals surface area contributed by atoms with Crippen LogP contribution in [0.5, 0.6) is 0 Å². The highest BCUT2D eigenvalue weighted by atomic mass is 35.5. The molecule has 2 rings (SSSR count). The van der Waals surface area contributed by atoms with E-state index in [0.717, 1.165) is 48.9 Å². The quantitative estimate of drug-likeness (QED) is 0.810.